The van der Waals surface area contributed by atoms with Gasteiger partial charge in [0, 0.05) is 6.54 Å². The zero-order chi connectivity index (χ0) is 10.4. The lowest BCUT2D eigenvalue weighted by molar-refractivity contribution is -0.121. The van der Waals surface area contributed by atoms with E-state index in [2.05, 4.69) is 0 Å². The quantitative estimate of drug-likeness (QED) is 0.636. The predicted octanol–water partition coefficient (Wildman–Crippen LogP) is 0.0187. The van der Waals surface area contributed by atoms with Gasteiger partial charge in [0.05, 0.1) is 13.1 Å². The van der Waals surface area contributed by atoms with Gasteiger partial charge in [0.2, 0.25) is 5.91 Å². The molecule has 0 heterocycles. The minimum atomic E-state index is -0.387. The van der Waals surface area contributed by atoms with Crippen LogP contribution in [0.3, 0.4) is 0 Å². The Morgan fingerprint density at radius 2 is 1.85 bits per heavy atom. The van der Waals surface area contributed by atoms with Gasteiger partial charge in [0.25, 0.3) is 0 Å². The second-order valence-electron chi connectivity index (χ2n) is 3.73. The van der Waals surface area contributed by atoms with Gasteiger partial charge in [-0.15, -0.1) is 0 Å². The standard InChI is InChI=1S/C9H18N2O2/c1-7(2)4-11(5-8(3)12)6-9(10)13/h7H,4-6H2,1-3H3,(H2,10,13). The lowest BCUT2D eigenvalue weighted by Gasteiger charge is -2.20. The van der Waals surface area contributed by atoms with Crippen LogP contribution in [0.15, 0.2) is 0 Å². The van der Waals surface area contributed by atoms with Gasteiger partial charge in [0.15, 0.2) is 0 Å². The molecule has 0 saturated heterocycles. The van der Waals surface area contributed by atoms with Gasteiger partial charge in [0.1, 0.15) is 5.78 Å². The minimum absolute atomic E-state index is 0.0573. The Bertz CT molecular complexity index is 174. The summed E-state index contributed by atoms with van der Waals surface area (Å²) in [7, 11) is 0. The van der Waals surface area contributed by atoms with Crippen molar-refractivity contribution in [2.75, 3.05) is 19.6 Å². The molecule has 0 rings (SSSR count). The van der Waals surface area contributed by atoms with Crippen LogP contribution in [0.25, 0.3) is 0 Å². The third kappa shape index (κ3) is 7.46. The van der Waals surface area contributed by atoms with Crippen LogP contribution in [0.1, 0.15) is 20.8 Å². The Kier molecular flexibility index (Phi) is 5.30. The van der Waals surface area contributed by atoms with Gasteiger partial charge >= 0.3 is 0 Å². The van der Waals surface area contributed by atoms with E-state index in [0.29, 0.717) is 12.5 Å². The van der Waals surface area contributed by atoms with Crippen molar-refractivity contribution in [1.29, 1.82) is 0 Å². The molecule has 1 amide bonds. The molecule has 0 radical (unpaired) electrons. The molecule has 4 nitrogen and oxygen atoms in total. The van der Waals surface area contributed by atoms with Gasteiger partial charge in [-0.2, -0.15) is 0 Å². The molecule has 0 atom stereocenters. The molecule has 2 N–H and O–H groups in total. The third-order valence-corrected chi connectivity index (χ3v) is 1.45. The van der Waals surface area contributed by atoms with Gasteiger partial charge in [-0.3, -0.25) is 14.5 Å². The number of hydrogen-bond acceptors (Lipinski definition) is 3. The molecule has 4 heteroatoms. The summed E-state index contributed by atoms with van der Waals surface area (Å²) in [5.74, 6) is 0.0995. The summed E-state index contributed by atoms with van der Waals surface area (Å²) in [5, 5.41) is 0. The van der Waals surface area contributed by atoms with Crippen molar-refractivity contribution >= 4 is 11.7 Å². The van der Waals surface area contributed by atoms with E-state index in [0.717, 1.165) is 6.54 Å². The molecule has 0 aromatic heterocycles. The summed E-state index contributed by atoms with van der Waals surface area (Å²) in [4.78, 5) is 23.2. The Hall–Kier alpha value is -0.900. The molecular weight excluding hydrogens is 168 g/mol. The molecule has 0 aliphatic carbocycles. The van der Waals surface area contributed by atoms with E-state index in [9.17, 15) is 9.59 Å². The highest BCUT2D eigenvalue weighted by Crippen LogP contribution is 1.97. The first-order chi connectivity index (χ1) is 5.91. The van der Waals surface area contributed by atoms with Gasteiger partial charge < -0.3 is 5.73 Å². The number of nitrogens with zero attached hydrogens (tertiary/aromatic N) is 1. The maximum absolute atomic E-state index is 10.8. The van der Waals surface area contributed by atoms with Crippen LogP contribution in [0, 0.1) is 5.92 Å². The molecule has 0 aliphatic heterocycles. The fourth-order valence-corrected chi connectivity index (χ4v) is 1.24. The zero-order valence-corrected chi connectivity index (χ0v) is 8.54. The fourth-order valence-electron chi connectivity index (χ4n) is 1.24. The van der Waals surface area contributed by atoms with E-state index in [4.69, 9.17) is 5.73 Å². The zero-order valence-electron chi connectivity index (χ0n) is 8.54. The molecule has 0 bridgehead atoms. The lowest BCUT2D eigenvalue weighted by atomic mass is 10.2. The highest BCUT2D eigenvalue weighted by molar-refractivity contribution is 5.80. The van der Waals surface area contributed by atoms with Crippen LogP contribution in [-0.4, -0.2) is 36.2 Å². The first kappa shape index (κ1) is 12.1. The summed E-state index contributed by atoms with van der Waals surface area (Å²) >= 11 is 0. The number of Topliss-reactive ketones (excluding diaryl/α,β-unsaturated/α-hetero) is 1. The molecule has 0 aromatic carbocycles. The fraction of sp³-hybridized carbons (Fsp3) is 0.778. The number of amides is 1. The highest BCUT2D eigenvalue weighted by Gasteiger charge is 2.11. The first-order valence-corrected chi connectivity index (χ1v) is 4.42. The van der Waals surface area contributed by atoms with Crippen LogP contribution in [0.2, 0.25) is 0 Å². The topological polar surface area (TPSA) is 63.4 Å². The van der Waals surface area contributed by atoms with Crippen LogP contribution in [0.4, 0.5) is 0 Å². The molecule has 76 valence electrons. The molecule has 13 heavy (non-hydrogen) atoms. The number of rotatable bonds is 6. The molecule has 0 spiro atoms. The van der Waals surface area contributed by atoms with E-state index >= 15 is 0 Å². The molecule has 0 unspecified atom stereocenters. The summed E-state index contributed by atoms with van der Waals surface area (Å²) in [6, 6.07) is 0. The van der Waals surface area contributed by atoms with Gasteiger partial charge in [-0.1, -0.05) is 13.8 Å². The number of nitrogens with two attached hydrogens (primary N) is 1. The smallest absolute Gasteiger partial charge is 0.231 e. The summed E-state index contributed by atoms with van der Waals surface area (Å²) in [6.45, 7) is 6.78. The Balaban J connectivity index is 4.02. The van der Waals surface area contributed by atoms with E-state index in [-0.39, 0.29) is 18.2 Å². The van der Waals surface area contributed by atoms with Crippen molar-refractivity contribution in [3.8, 4) is 0 Å². The van der Waals surface area contributed by atoms with Crippen molar-refractivity contribution in [2.24, 2.45) is 11.7 Å². The molecule has 0 aliphatic rings. The first-order valence-electron chi connectivity index (χ1n) is 4.42. The number of carbonyl (C=O) groups is 2. The maximum atomic E-state index is 10.8. The van der Waals surface area contributed by atoms with Crippen LogP contribution < -0.4 is 5.73 Å². The number of hydrogen-bond donors (Lipinski definition) is 1. The highest BCUT2D eigenvalue weighted by atomic mass is 16.1. The number of primary amides is 1. The Labute approximate surface area is 79.1 Å². The number of carbonyl (C=O) groups excluding carboxylic acids is 2. The average Bonchev–Trinajstić information content (AvgIpc) is 1.80. The SMILES string of the molecule is CC(=O)CN(CC(N)=O)CC(C)C. The van der Waals surface area contributed by atoms with E-state index in [1.165, 1.54) is 6.92 Å². The lowest BCUT2D eigenvalue weighted by Crippen LogP contribution is -2.38. The average molecular weight is 186 g/mol. The summed E-state index contributed by atoms with van der Waals surface area (Å²) in [6.07, 6.45) is 0. The van der Waals surface area contributed by atoms with Crippen LogP contribution >= 0.6 is 0 Å². The molecule has 0 saturated carbocycles. The van der Waals surface area contributed by atoms with E-state index in [1.807, 2.05) is 13.8 Å². The monoisotopic (exact) mass is 186 g/mol. The Morgan fingerprint density at radius 3 is 2.15 bits per heavy atom. The summed E-state index contributed by atoms with van der Waals surface area (Å²) < 4.78 is 0. The molecule has 0 fully saturated rings. The normalized spacial score (nSPS) is 10.8. The van der Waals surface area contributed by atoms with E-state index in [1.54, 1.807) is 4.90 Å². The van der Waals surface area contributed by atoms with Crippen molar-refractivity contribution in [3.05, 3.63) is 0 Å². The Morgan fingerprint density at radius 1 is 1.31 bits per heavy atom. The second-order valence-corrected chi connectivity index (χ2v) is 3.73. The predicted molar refractivity (Wildman–Crippen MR) is 51.2 cm³/mol. The number of ketones is 1. The van der Waals surface area contributed by atoms with Crippen molar-refractivity contribution in [1.82, 2.24) is 4.90 Å². The second kappa shape index (κ2) is 5.70. The summed E-state index contributed by atoms with van der Waals surface area (Å²) in [5.41, 5.74) is 5.05. The minimum Gasteiger partial charge on any atom is -0.369 e. The van der Waals surface area contributed by atoms with Crippen LogP contribution in [-0.2, 0) is 9.59 Å². The van der Waals surface area contributed by atoms with Crippen molar-refractivity contribution in [3.63, 3.8) is 0 Å². The van der Waals surface area contributed by atoms with Crippen molar-refractivity contribution in [2.45, 2.75) is 20.8 Å². The van der Waals surface area contributed by atoms with Gasteiger partial charge in [-0.25, -0.2) is 0 Å². The third-order valence-electron chi connectivity index (χ3n) is 1.45. The molecular formula is C9H18N2O2. The largest absolute Gasteiger partial charge is 0.369 e. The van der Waals surface area contributed by atoms with Gasteiger partial charge in [-0.05, 0) is 12.8 Å². The van der Waals surface area contributed by atoms with E-state index < -0.39 is 0 Å². The molecule has 0 aromatic rings. The van der Waals surface area contributed by atoms with Crippen LogP contribution in [0.5, 0.6) is 0 Å². The van der Waals surface area contributed by atoms with Crippen molar-refractivity contribution < 1.29 is 9.59 Å². The maximum Gasteiger partial charge on any atom is 0.231 e.